The molecule has 1 fully saturated rings. The number of fused-ring (bicyclic) bond motifs is 1. The Morgan fingerprint density at radius 3 is 2.60 bits per heavy atom. The van der Waals surface area contributed by atoms with Gasteiger partial charge >= 0.3 is 6.03 Å². The van der Waals surface area contributed by atoms with Crippen molar-refractivity contribution in [2.75, 3.05) is 11.4 Å². The minimum atomic E-state index is -0.454. The number of allylic oxidation sites excluding steroid dienone is 1. The number of phenols is 1. The van der Waals surface area contributed by atoms with E-state index in [4.69, 9.17) is 23.2 Å². The van der Waals surface area contributed by atoms with Gasteiger partial charge in [-0.2, -0.15) is 0 Å². The SMILES string of the molecule is O=C1C2=CCCCN2C(=O)N1c1cc(O)c(Cl)cc1Cl. The molecule has 0 unspecified atom stereocenters. The number of phenolic OH excluding ortho intramolecular Hbond substituents is 1. The molecule has 1 N–H and O–H groups in total. The summed E-state index contributed by atoms with van der Waals surface area (Å²) in [4.78, 5) is 27.0. The topological polar surface area (TPSA) is 60.9 Å². The maximum absolute atomic E-state index is 12.3. The highest BCUT2D eigenvalue weighted by Crippen LogP contribution is 2.39. The second-order valence-electron chi connectivity index (χ2n) is 4.56. The number of halogens is 2. The second-order valence-corrected chi connectivity index (χ2v) is 5.38. The van der Waals surface area contributed by atoms with E-state index in [0.29, 0.717) is 12.2 Å². The third-order valence-electron chi connectivity index (χ3n) is 3.32. The summed E-state index contributed by atoms with van der Waals surface area (Å²) in [5.41, 5.74) is 0.505. The third kappa shape index (κ3) is 1.85. The molecule has 0 bridgehead atoms. The van der Waals surface area contributed by atoms with Crippen LogP contribution in [0.25, 0.3) is 0 Å². The van der Waals surface area contributed by atoms with Crippen molar-refractivity contribution in [2.45, 2.75) is 12.8 Å². The Labute approximate surface area is 125 Å². The number of imide groups is 1. The molecule has 2 aliphatic heterocycles. The number of hydrogen-bond acceptors (Lipinski definition) is 3. The van der Waals surface area contributed by atoms with Crippen LogP contribution in [0.15, 0.2) is 23.9 Å². The monoisotopic (exact) mass is 312 g/mol. The van der Waals surface area contributed by atoms with Gasteiger partial charge in [-0.3, -0.25) is 9.69 Å². The molecule has 104 valence electrons. The van der Waals surface area contributed by atoms with Crippen LogP contribution >= 0.6 is 23.2 Å². The van der Waals surface area contributed by atoms with Gasteiger partial charge in [-0.05, 0) is 18.9 Å². The Balaban J connectivity index is 2.09. The molecule has 1 aromatic carbocycles. The molecule has 0 aliphatic carbocycles. The van der Waals surface area contributed by atoms with E-state index in [9.17, 15) is 14.7 Å². The van der Waals surface area contributed by atoms with Crippen LogP contribution < -0.4 is 4.90 Å². The molecule has 5 nitrogen and oxygen atoms in total. The average Bonchev–Trinajstić information content (AvgIpc) is 2.68. The molecule has 1 saturated heterocycles. The van der Waals surface area contributed by atoms with Crippen LogP contribution in [0.3, 0.4) is 0 Å². The van der Waals surface area contributed by atoms with Gasteiger partial charge in [-0.15, -0.1) is 0 Å². The van der Waals surface area contributed by atoms with Crippen LogP contribution in [-0.4, -0.2) is 28.5 Å². The molecule has 7 heteroatoms. The van der Waals surface area contributed by atoms with E-state index >= 15 is 0 Å². The number of urea groups is 1. The number of carbonyl (C=O) groups is 2. The lowest BCUT2D eigenvalue weighted by atomic mass is 10.2. The quantitative estimate of drug-likeness (QED) is 0.810. The molecule has 2 heterocycles. The van der Waals surface area contributed by atoms with Gasteiger partial charge in [-0.25, -0.2) is 9.69 Å². The zero-order chi connectivity index (χ0) is 14.4. The first kappa shape index (κ1) is 13.3. The molecule has 3 rings (SSSR count). The maximum atomic E-state index is 12.3. The molecule has 2 aliphatic rings. The second kappa shape index (κ2) is 4.68. The van der Waals surface area contributed by atoms with Crippen molar-refractivity contribution < 1.29 is 14.7 Å². The van der Waals surface area contributed by atoms with Crippen molar-refractivity contribution in [3.63, 3.8) is 0 Å². The van der Waals surface area contributed by atoms with Crippen LogP contribution in [0.1, 0.15) is 12.8 Å². The highest BCUT2D eigenvalue weighted by molar-refractivity contribution is 6.39. The summed E-state index contributed by atoms with van der Waals surface area (Å²) in [6, 6.07) is 2.07. The number of anilines is 1. The largest absolute Gasteiger partial charge is 0.506 e. The summed E-state index contributed by atoms with van der Waals surface area (Å²) in [7, 11) is 0. The van der Waals surface area contributed by atoms with Gasteiger partial charge in [0.1, 0.15) is 11.4 Å². The van der Waals surface area contributed by atoms with Crippen molar-refractivity contribution in [1.29, 1.82) is 0 Å². The Kier molecular flexibility index (Phi) is 3.11. The van der Waals surface area contributed by atoms with Crippen molar-refractivity contribution in [2.24, 2.45) is 0 Å². The van der Waals surface area contributed by atoms with Crippen LogP contribution in [0, 0.1) is 0 Å². The molecular weight excluding hydrogens is 303 g/mol. The maximum Gasteiger partial charge on any atom is 0.336 e. The van der Waals surface area contributed by atoms with Gasteiger partial charge in [0.15, 0.2) is 0 Å². The Morgan fingerprint density at radius 2 is 1.90 bits per heavy atom. The van der Waals surface area contributed by atoms with E-state index in [0.717, 1.165) is 17.7 Å². The van der Waals surface area contributed by atoms with E-state index in [2.05, 4.69) is 0 Å². The lowest BCUT2D eigenvalue weighted by Crippen LogP contribution is -2.33. The summed E-state index contributed by atoms with van der Waals surface area (Å²) in [5.74, 6) is -0.663. The molecule has 0 spiro atoms. The van der Waals surface area contributed by atoms with Crippen molar-refractivity contribution in [3.8, 4) is 5.75 Å². The number of benzene rings is 1. The lowest BCUT2D eigenvalue weighted by Gasteiger charge is -2.19. The first-order valence-electron chi connectivity index (χ1n) is 6.05. The zero-order valence-corrected chi connectivity index (χ0v) is 11.8. The molecule has 1 aromatic rings. The number of nitrogens with zero attached hydrogens (tertiary/aromatic N) is 2. The van der Waals surface area contributed by atoms with Gasteiger partial charge in [0.05, 0.1) is 15.7 Å². The summed E-state index contributed by atoms with van der Waals surface area (Å²) in [5, 5.41) is 9.85. The van der Waals surface area contributed by atoms with E-state index in [-0.39, 0.29) is 21.5 Å². The number of rotatable bonds is 1. The predicted octanol–water partition coefficient (Wildman–Crippen LogP) is 3.15. The minimum absolute atomic E-state index is 0.0646. The smallest absolute Gasteiger partial charge is 0.336 e. The highest BCUT2D eigenvalue weighted by Gasteiger charge is 2.43. The van der Waals surface area contributed by atoms with Crippen molar-refractivity contribution >= 4 is 40.8 Å². The van der Waals surface area contributed by atoms with E-state index < -0.39 is 11.9 Å². The molecule has 0 radical (unpaired) electrons. The molecular formula is C13H10Cl2N2O3. The zero-order valence-electron chi connectivity index (χ0n) is 10.3. The molecule has 3 amide bonds. The van der Waals surface area contributed by atoms with Gasteiger partial charge < -0.3 is 5.11 Å². The fourth-order valence-corrected chi connectivity index (χ4v) is 2.82. The van der Waals surface area contributed by atoms with Crippen LogP contribution in [0.4, 0.5) is 10.5 Å². The van der Waals surface area contributed by atoms with E-state index in [1.807, 2.05) is 0 Å². The van der Waals surface area contributed by atoms with Gasteiger partial charge in [0, 0.05) is 12.6 Å². The number of aromatic hydroxyl groups is 1. The Hall–Kier alpha value is -1.72. The van der Waals surface area contributed by atoms with Crippen LogP contribution in [0.2, 0.25) is 10.0 Å². The Morgan fingerprint density at radius 1 is 1.15 bits per heavy atom. The predicted molar refractivity (Wildman–Crippen MR) is 75.0 cm³/mol. The highest BCUT2D eigenvalue weighted by atomic mass is 35.5. The van der Waals surface area contributed by atoms with Gasteiger partial charge in [0.25, 0.3) is 5.91 Å². The minimum Gasteiger partial charge on any atom is -0.506 e. The van der Waals surface area contributed by atoms with Gasteiger partial charge in [-0.1, -0.05) is 29.3 Å². The number of carbonyl (C=O) groups excluding carboxylic acids is 2. The molecule has 20 heavy (non-hydrogen) atoms. The number of amides is 3. The first-order chi connectivity index (χ1) is 9.50. The van der Waals surface area contributed by atoms with Crippen molar-refractivity contribution in [3.05, 3.63) is 34.0 Å². The Bertz CT molecular complexity index is 657. The van der Waals surface area contributed by atoms with Crippen LogP contribution in [-0.2, 0) is 4.79 Å². The summed E-state index contributed by atoms with van der Waals surface area (Å²) < 4.78 is 0. The molecule has 0 atom stereocenters. The average molecular weight is 313 g/mol. The summed E-state index contributed by atoms with van der Waals surface area (Å²) in [6.45, 7) is 0.504. The fourth-order valence-electron chi connectivity index (χ4n) is 2.35. The van der Waals surface area contributed by atoms with Crippen LogP contribution in [0.5, 0.6) is 5.75 Å². The first-order valence-corrected chi connectivity index (χ1v) is 6.80. The lowest BCUT2D eigenvalue weighted by molar-refractivity contribution is -0.114. The standard InChI is InChI=1S/C13H10Cl2N2O3/c14-7-5-8(15)11(18)6-10(7)17-12(19)9-3-1-2-4-16(9)13(17)20/h3,5-6,18H,1-2,4H2. The fraction of sp³-hybridized carbons (Fsp3) is 0.231. The summed E-state index contributed by atoms with van der Waals surface area (Å²) >= 11 is 11.8. The van der Waals surface area contributed by atoms with E-state index in [1.165, 1.54) is 17.0 Å². The molecule has 0 saturated carbocycles. The summed E-state index contributed by atoms with van der Waals surface area (Å²) in [6.07, 6.45) is 3.32. The van der Waals surface area contributed by atoms with Gasteiger partial charge in [0.2, 0.25) is 0 Å². The molecule has 0 aromatic heterocycles. The number of hydrogen-bond donors (Lipinski definition) is 1. The van der Waals surface area contributed by atoms with E-state index in [1.54, 1.807) is 6.08 Å². The normalized spacial score (nSPS) is 18.4. The third-order valence-corrected chi connectivity index (χ3v) is 3.92. The van der Waals surface area contributed by atoms with Crippen molar-refractivity contribution in [1.82, 2.24) is 4.90 Å².